The number of nitrogens with zero attached hydrogens (tertiary/aromatic N) is 1. The number of carbonyl (C=O) groups is 1. The van der Waals surface area contributed by atoms with Crippen molar-refractivity contribution >= 4 is 44.7 Å². The lowest BCUT2D eigenvalue weighted by Crippen LogP contribution is -1.87. The summed E-state index contributed by atoms with van der Waals surface area (Å²) in [6.07, 6.45) is 2.25. The van der Waals surface area contributed by atoms with Crippen molar-refractivity contribution in [3.05, 3.63) is 65.7 Å². The maximum Gasteiger partial charge on any atom is 0.160 e. The molecule has 4 rings (SSSR count). The standard InChI is InChI=1S/C20H11NO/c21-11-13(12-22)10-17-7-6-16-5-4-14-2-1-3-15-8-9-18(17)20(16)19(14)15/h1-10,12H/b13-10+. The first-order chi connectivity index (χ1) is 10.8. The van der Waals surface area contributed by atoms with E-state index in [1.165, 1.54) is 26.9 Å². The van der Waals surface area contributed by atoms with Gasteiger partial charge in [0.05, 0.1) is 5.57 Å². The molecule has 0 aromatic heterocycles. The van der Waals surface area contributed by atoms with Crippen LogP contribution in [0.25, 0.3) is 38.4 Å². The first-order valence-corrected chi connectivity index (χ1v) is 7.05. The van der Waals surface area contributed by atoms with E-state index in [-0.39, 0.29) is 5.57 Å². The van der Waals surface area contributed by atoms with Gasteiger partial charge in [0.2, 0.25) is 0 Å². The average molecular weight is 281 g/mol. The van der Waals surface area contributed by atoms with Gasteiger partial charge in [-0.2, -0.15) is 5.26 Å². The summed E-state index contributed by atoms with van der Waals surface area (Å²) in [6, 6.07) is 20.6. The largest absolute Gasteiger partial charge is 0.297 e. The highest BCUT2D eigenvalue weighted by atomic mass is 16.1. The number of allylic oxidation sites excluding steroid dienone is 1. The van der Waals surface area contributed by atoms with Crippen molar-refractivity contribution in [2.45, 2.75) is 0 Å². The van der Waals surface area contributed by atoms with Crippen LogP contribution < -0.4 is 0 Å². The fourth-order valence-electron chi connectivity index (χ4n) is 3.14. The average Bonchev–Trinajstić information content (AvgIpc) is 2.58. The van der Waals surface area contributed by atoms with E-state index < -0.39 is 0 Å². The predicted octanol–water partition coefficient (Wildman–Crippen LogP) is 4.69. The summed E-state index contributed by atoms with van der Waals surface area (Å²) in [4.78, 5) is 10.9. The summed E-state index contributed by atoms with van der Waals surface area (Å²) in [5, 5.41) is 16.0. The van der Waals surface area contributed by atoms with Crippen LogP contribution in [0.5, 0.6) is 0 Å². The second-order valence-corrected chi connectivity index (χ2v) is 5.34. The molecule has 0 aliphatic heterocycles. The second-order valence-electron chi connectivity index (χ2n) is 5.34. The number of nitriles is 1. The van der Waals surface area contributed by atoms with Gasteiger partial charge in [0, 0.05) is 0 Å². The summed E-state index contributed by atoms with van der Waals surface area (Å²) >= 11 is 0. The highest BCUT2D eigenvalue weighted by Crippen LogP contribution is 2.36. The zero-order chi connectivity index (χ0) is 15.1. The van der Waals surface area contributed by atoms with Gasteiger partial charge in [-0.1, -0.05) is 54.6 Å². The minimum atomic E-state index is 0.134. The van der Waals surface area contributed by atoms with Gasteiger partial charge in [0.25, 0.3) is 0 Å². The van der Waals surface area contributed by atoms with Crippen molar-refractivity contribution in [1.82, 2.24) is 0 Å². The lowest BCUT2D eigenvalue weighted by molar-refractivity contribution is -0.104. The van der Waals surface area contributed by atoms with Crippen LogP contribution in [0.1, 0.15) is 5.56 Å². The molecule has 102 valence electrons. The molecule has 0 amide bonds. The third-order valence-electron chi connectivity index (χ3n) is 4.13. The molecule has 0 saturated carbocycles. The second kappa shape index (κ2) is 4.68. The van der Waals surface area contributed by atoms with Crippen molar-refractivity contribution in [2.24, 2.45) is 0 Å². The fourth-order valence-corrected chi connectivity index (χ4v) is 3.14. The van der Waals surface area contributed by atoms with Gasteiger partial charge in [-0.25, -0.2) is 0 Å². The quantitative estimate of drug-likeness (QED) is 0.231. The Labute approximate surface area is 127 Å². The molecule has 4 aromatic rings. The van der Waals surface area contributed by atoms with Crippen LogP contribution in [-0.4, -0.2) is 6.29 Å². The van der Waals surface area contributed by atoms with Gasteiger partial charge in [-0.15, -0.1) is 0 Å². The number of carbonyl (C=O) groups excluding carboxylic acids is 1. The molecule has 0 bridgehead atoms. The van der Waals surface area contributed by atoms with Crippen molar-refractivity contribution in [1.29, 1.82) is 5.26 Å². The van der Waals surface area contributed by atoms with Crippen molar-refractivity contribution in [2.75, 3.05) is 0 Å². The van der Waals surface area contributed by atoms with E-state index in [4.69, 9.17) is 5.26 Å². The van der Waals surface area contributed by atoms with Crippen LogP contribution in [0.4, 0.5) is 0 Å². The fraction of sp³-hybridized carbons (Fsp3) is 0. The van der Waals surface area contributed by atoms with Crippen LogP contribution in [0.15, 0.2) is 60.2 Å². The molecule has 4 aromatic carbocycles. The third-order valence-corrected chi connectivity index (χ3v) is 4.13. The summed E-state index contributed by atoms with van der Waals surface area (Å²) < 4.78 is 0. The minimum Gasteiger partial charge on any atom is -0.297 e. The summed E-state index contributed by atoms with van der Waals surface area (Å²) in [5.74, 6) is 0. The molecule has 0 fully saturated rings. The van der Waals surface area contributed by atoms with Crippen molar-refractivity contribution in [3.63, 3.8) is 0 Å². The van der Waals surface area contributed by atoms with Gasteiger partial charge >= 0.3 is 0 Å². The van der Waals surface area contributed by atoms with Crippen LogP contribution in [0.2, 0.25) is 0 Å². The van der Waals surface area contributed by atoms with Gasteiger partial charge in [-0.05, 0) is 44.0 Å². The molecule has 2 nitrogen and oxygen atoms in total. The molecule has 0 saturated heterocycles. The minimum absolute atomic E-state index is 0.134. The SMILES string of the molecule is N#C/C(C=O)=C\c1ccc2ccc3cccc4ccc1c2c34. The first kappa shape index (κ1) is 12.6. The molecule has 0 spiro atoms. The zero-order valence-electron chi connectivity index (χ0n) is 11.7. The van der Waals surface area contributed by atoms with E-state index >= 15 is 0 Å². The molecule has 0 aliphatic rings. The molecule has 22 heavy (non-hydrogen) atoms. The Hall–Kier alpha value is -3.18. The number of hydrogen-bond acceptors (Lipinski definition) is 2. The molecular weight excluding hydrogens is 270 g/mol. The topological polar surface area (TPSA) is 40.9 Å². The smallest absolute Gasteiger partial charge is 0.160 e. The summed E-state index contributed by atoms with van der Waals surface area (Å²) in [5.41, 5.74) is 1.03. The highest BCUT2D eigenvalue weighted by molar-refractivity contribution is 6.24. The number of hydrogen-bond donors (Lipinski definition) is 0. The maximum atomic E-state index is 10.9. The van der Waals surface area contributed by atoms with Crippen LogP contribution in [-0.2, 0) is 4.79 Å². The van der Waals surface area contributed by atoms with Crippen LogP contribution in [0.3, 0.4) is 0 Å². The highest BCUT2D eigenvalue weighted by Gasteiger charge is 2.10. The van der Waals surface area contributed by atoms with Gasteiger partial charge < -0.3 is 0 Å². The van der Waals surface area contributed by atoms with Crippen molar-refractivity contribution < 1.29 is 4.79 Å². The molecule has 0 unspecified atom stereocenters. The lowest BCUT2D eigenvalue weighted by Gasteiger charge is -2.12. The zero-order valence-corrected chi connectivity index (χ0v) is 11.7. The van der Waals surface area contributed by atoms with Crippen LogP contribution in [0, 0.1) is 11.3 Å². The van der Waals surface area contributed by atoms with E-state index in [9.17, 15) is 4.79 Å². The molecule has 0 N–H and O–H groups in total. The Balaban J connectivity index is 2.20. The maximum absolute atomic E-state index is 10.9. The van der Waals surface area contributed by atoms with E-state index in [2.05, 4.69) is 42.5 Å². The summed E-state index contributed by atoms with van der Waals surface area (Å²) in [6.45, 7) is 0. The van der Waals surface area contributed by atoms with Gasteiger partial charge in [-0.3, -0.25) is 4.79 Å². The van der Waals surface area contributed by atoms with Gasteiger partial charge in [0.15, 0.2) is 6.29 Å². The van der Waals surface area contributed by atoms with E-state index in [1.54, 1.807) is 6.08 Å². The number of aldehydes is 1. The third kappa shape index (κ3) is 1.70. The lowest BCUT2D eigenvalue weighted by atomic mass is 9.91. The normalized spacial score (nSPS) is 12.0. The molecular formula is C20H11NO. The Morgan fingerprint density at radius 1 is 0.864 bits per heavy atom. The first-order valence-electron chi connectivity index (χ1n) is 7.05. The summed E-state index contributed by atoms with van der Waals surface area (Å²) in [7, 11) is 0. The van der Waals surface area contributed by atoms with E-state index in [1.807, 2.05) is 18.2 Å². The van der Waals surface area contributed by atoms with Gasteiger partial charge in [0.1, 0.15) is 6.07 Å². The Morgan fingerprint density at radius 2 is 1.50 bits per heavy atom. The molecule has 0 aliphatic carbocycles. The predicted molar refractivity (Wildman–Crippen MR) is 89.8 cm³/mol. The molecule has 2 heteroatoms. The number of rotatable bonds is 2. The Morgan fingerprint density at radius 3 is 2.18 bits per heavy atom. The monoisotopic (exact) mass is 281 g/mol. The molecule has 0 radical (unpaired) electrons. The van der Waals surface area contributed by atoms with Crippen LogP contribution >= 0.6 is 0 Å². The molecule has 0 heterocycles. The number of benzene rings is 4. The molecule has 0 atom stereocenters. The van der Waals surface area contributed by atoms with E-state index in [0.717, 1.165) is 10.9 Å². The van der Waals surface area contributed by atoms with Crippen molar-refractivity contribution in [3.8, 4) is 6.07 Å². The van der Waals surface area contributed by atoms with E-state index in [0.29, 0.717) is 6.29 Å². The Kier molecular flexibility index (Phi) is 2.67. The Bertz CT molecular complexity index is 1080.